The van der Waals surface area contributed by atoms with Gasteiger partial charge in [0.25, 0.3) is 0 Å². The number of hydrogen-bond donors (Lipinski definition) is 1. The largest absolute Gasteiger partial charge is 0.489 e. The van der Waals surface area contributed by atoms with E-state index >= 15 is 0 Å². The first kappa shape index (κ1) is 14.6. The first-order valence-corrected chi connectivity index (χ1v) is 7.49. The highest BCUT2D eigenvalue weighted by atomic mass is 79.9. The summed E-state index contributed by atoms with van der Waals surface area (Å²) in [6.45, 7) is 2.21. The molecule has 0 radical (unpaired) electrons. The third kappa shape index (κ3) is 4.06. The summed E-state index contributed by atoms with van der Waals surface area (Å²) < 4.78 is 7.76. The van der Waals surface area contributed by atoms with E-state index in [1.165, 1.54) is 0 Å². The monoisotopic (exact) mass is 384 g/mol. The van der Waals surface area contributed by atoms with Crippen LogP contribution in [0, 0.1) is 0 Å². The maximum absolute atomic E-state index is 9.76. The normalized spacial score (nSPS) is 12.2. The Bertz CT molecular complexity index is 551. The van der Waals surface area contributed by atoms with E-state index in [9.17, 15) is 5.11 Å². The summed E-state index contributed by atoms with van der Waals surface area (Å²) in [4.78, 5) is 0. The Labute approximate surface area is 129 Å². The van der Waals surface area contributed by atoms with E-state index < -0.39 is 6.10 Å². The molecular formula is C15H14Br2O2. The van der Waals surface area contributed by atoms with E-state index in [4.69, 9.17) is 4.74 Å². The van der Waals surface area contributed by atoms with E-state index in [1.54, 1.807) is 6.92 Å². The number of aliphatic hydroxyl groups is 1. The van der Waals surface area contributed by atoms with Crippen molar-refractivity contribution in [2.75, 3.05) is 0 Å². The Morgan fingerprint density at radius 1 is 1.05 bits per heavy atom. The molecule has 1 N–H and O–H groups in total. The highest BCUT2D eigenvalue weighted by Crippen LogP contribution is 2.29. The zero-order chi connectivity index (χ0) is 13.8. The number of benzene rings is 2. The summed E-state index contributed by atoms with van der Waals surface area (Å²) in [7, 11) is 0. The van der Waals surface area contributed by atoms with Gasteiger partial charge in [-0.05, 0) is 42.8 Å². The minimum Gasteiger partial charge on any atom is -0.489 e. The van der Waals surface area contributed by atoms with Crippen molar-refractivity contribution in [2.24, 2.45) is 0 Å². The molecule has 0 saturated carbocycles. The highest BCUT2D eigenvalue weighted by Gasteiger charge is 2.10. The summed E-state index contributed by atoms with van der Waals surface area (Å²) in [5.74, 6) is 0.709. The standard InChI is InChI=1S/C15H14Br2O2/c1-10(18)14-8-13(17)6-7-15(14)19-9-11-2-4-12(16)5-3-11/h2-8,10,18H,9H2,1H3/t10-/m0/s1. The lowest BCUT2D eigenvalue weighted by Crippen LogP contribution is -2.01. The second-order valence-electron chi connectivity index (χ2n) is 4.27. The van der Waals surface area contributed by atoms with Crippen LogP contribution in [0.4, 0.5) is 0 Å². The van der Waals surface area contributed by atoms with Crippen LogP contribution in [0.5, 0.6) is 5.75 Å². The van der Waals surface area contributed by atoms with Crippen LogP contribution in [-0.4, -0.2) is 5.11 Å². The van der Waals surface area contributed by atoms with Crippen molar-refractivity contribution in [1.29, 1.82) is 0 Å². The molecule has 2 rings (SSSR count). The number of ether oxygens (including phenoxy) is 1. The van der Waals surface area contributed by atoms with E-state index in [0.29, 0.717) is 12.4 Å². The third-order valence-electron chi connectivity index (χ3n) is 2.73. The molecule has 0 heterocycles. The second-order valence-corrected chi connectivity index (χ2v) is 6.10. The van der Waals surface area contributed by atoms with Gasteiger partial charge in [-0.2, -0.15) is 0 Å². The van der Waals surface area contributed by atoms with Crippen LogP contribution >= 0.6 is 31.9 Å². The predicted octanol–water partition coefficient (Wildman–Crippen LogP) is 4.84. The zero-order valence-electron chi connectivity index (χ0n) is 10.4. The Morgan fingerprint density at radius 3 is 2.32 bits per heavy atom. The fourth-order valence-corrected chi connectivity index (χ4v) is 2.36. The first-order valence-electron chi connectivity index (χ1n) is 5.91. The molecule has 0 amide bonds. The van der Waals surface area contributed by atoms with Crippen molar-refractivity contribution in [3.8, 4) is 5.75 Å². The molecule has 0 unspecified atom stereocenters. The van der Waals surface area contributed by atoms with Gasteiger partial charge in [0.05, 0.1) is 6.10 Å². The maximum Gasteiger partial charge on any atom is 0.125 e. The Hall–Kier alpha value is -0.840. The van der Waals surface area contributed by atoms with Crippen molar-refractivity contribution >= 4 is 31.9 Å². The number of aliphatic hydroxyl groups excluding tert-OH is 1. The van der Waals surface area contributed by atoms with Gasteiger partial charge in [0.15, 0.2) is 0 Å². The fraction of sp³-hybridized carbons (Fsp3) is 0.200. The lowest BCUT2D eigenvalue weighted by Gasteiger charge is -2.14. The molecule has 0 fully saturated rings. The van der Waals surface area contributed by atoms with Gasteiger partial charge < -0.3 is 9.84 Å². The van der Waals surface area contributed by atoms with Gasteiger partial charge in [0.2, 0.25) is 0 Å². The summed E-state index contributed by atoms with van der Waals surface area (Å²) in [6.07, 6.45) is -0.558. The molecule has 4 heteroatoms. The molecule has 0 aliphatic carbocycles. The summed E-state index contributed by atoms with van der Waals surface area (Å²) in [5.41, 5.74) is 1.87. The number of hydrogen-bond acceptors (Lipinski definition) is 2. The van der Waals surface area contributed by atoms with Gasteiger partial charge in [-0.1, -0.05) is 44.0 Å². The van der Waals surface area contributed by atoms with Crippen LogP contribution in [0.2, 0.25) is 0 Å². The minimum absolute atomic E-state index is 0.481. The van der Waals surface area contributed by atoms with Gasteiger partial charge in [-0.15, -0.1) is 0 Å². The maximum atomic E-state index is 9.76. The molecule has 19 heavy (non-hydrogen) atoms. The fourth-order valence-electron chi connectivity index (χ4n) is 1.72. The van der Waals surface area contributed by atoms with Crippen LogP contribution < -0.4 is 4.74 Å². The Morgan fingerprint density at radius 2 is 1.68 bits per heavy atom. The Balaban J connectivity index is 2.13. The molecule has 2 nitrogen and oxygen atoms in total. The lowest BCUT2D eigenvalue weighted by molar-refractivity contribution is 0.190. The van der Waals surface area contributed by atoms with Gasteiger partial charge in [-0.3, -0.25) is 0 Å². The van der Waals surface area contributed by atoms with Crippen LogP contribution in [-0.2, 0) is 6.61 Å². The van der Waals surface area contributed by atoms with E-state index in [0.717, 1.165) is 20.1 Å². The van der Waals surface area contributed by atoms with Crippen LogP contribution in [0.1, 0.15) is 24.2 Å². The van der Waals surface area contributed by atoms with Gasteiger partial charge in [0.1, 0.15) is 12.4 Å². The summed E-state index contributed by atoms with van der Waals surface area (Å²) in [5, 5.41) is 9.76. The molecule has 0 saturated heterocycles. The van der Waals surface area contributed by atoms with Crippen LogP contribution in [0.25, 0.3) is 0 Å². The molecule has 0 bridgehead atoms. The molecule has 2 aromatic rings. The van der Waals surface area contributed by atoms with Crippen molar-refractivity contribution in [2.45, 2.75) is 19.6 Å². The van der Waals surface area contributed by atoms with Crippen molar-refractivity contribution < 1.29 is 9.84 Å². The zero-order valence-corrected chi connectivity index (χ0v) is 13.6. The van der Waals surface area contributed by atoms with Gasteiger partial charge >= 0.3 is 0 Å². The first-order chi connectivity index (χ1) is 9.06. The molecule has 0 aromatic heterocycles. The SMILES string of the molecule is C[C@H](O)c1cc(Br)ccc1OCc1ccc(Br)cc1. The average Bonchev–Trinajstić information content (AvgIpc) is 2.39. The summed E-state index contributed by atoms with van der Waals surface area (Å²) >= 11 is 6.80. The van der Waals surface area contributed by atoms with Crippen molar-refractivity contribution in [3.05, 3.63) is 62.5 Å². The smallest absolute Gasteiger partial charge is 0.125 e. The molecule has 1 atom stereocenters. The minimum atomic E-state index is -0.558. The number of rotatable bonds is 4. The molecule has 0 aliphatic heterocycles. The molecular weight excluding hydrogens is 372 g/mol. The van der Waals surface area contributed by atoms with Crippen LogP contribution in [0.15, 0.2) is 51.4 Å². The quantitative estimate of drug-likeness (QED) is 0.815. The van der Waals surface area contributed by atoms with E-state index in [-0.39, 0.29) is 0 Å². The van der Waals surface area contributed by atoms with Gasteiger partial charge in [-0.25, -0.2) is 0 Å². The second kappa shape index (κ2) is 6.55. The highest BCUT2D eigenvalue weighted by molar-refractivity contribution is 9.10. The number of halogens is 2. The molecule has 100 valence electrons. The Kier molecular flexibility index (Phi) is 5.02. The van der Waals surface area contributed by atoms with Crippen molar-refractivity contribution in [1.82, 2.24) is 0 Å². The van der Waals surface area contributed by atoms with Crippen molar-refractivity contribution in [3.63, 3.8) is 0 Å². The third-order valence-corrected chi connectivity index (χ3v) is 3.75. The van der Waals surface area contributed by atoms with E-state index in [1.807, 2.05) is 42.5 Å². The van der Waals surface area contributed by atoms with E-state index in [2.05, 4.69) is 31.9 Å². The predicted molar refractivity (Wildman–Crippen MR) is 83.2 cm³/mol. The van der Waals surface area contributed by atoms with Crippen LogP contribution in [0.3, 0.4) is 0 Å². The lowest BCUT2D eigenvalue weighted by atomic mass is 10.1. The summed E-state index contributed by atoms with van der Waals surface area (Å²) in [6, 6.07) is 13.6. The molecule has 0 aliphatic rings. The molecule has 2 aromatic carbocycles. The van der Waals surface area contributed by atoms with Gasteiger partial charge in [0, 0.05) is 14.5 Å². The topological polar surface area (TPSA) is 29.5 Å². The average molecular weight is 386 g/mol. The molecule has 0 spiro atoms.